The molecule has 0 atom stereocenters. The second-order valence-corrected chi connectivity index (χ2v) is 3.03. The fourth-order valence-corrected chi connectivity index (χ4v) is 1.18. The number of nitrogens with zero attached hydrogens (tertiary/aromatic N) is 1. The van der Waals surface area contributed by atoms with Crippen LogP contribution in [0.15, 0.2) is 18.2 Å². The number of rotatable bonds is 4. The fourth-order valence-electron chi connectivity index (χ4n) is 1.18. The molecule has 94 valence electrons. The number of carboxylic acid groups (broad SMARTS) is 1. The van der Waals surface area contributed by atoms with E-state index in [2.05, 4.69) is 4.74 Å². The van der Waals surface area contributed by atoms with Crippen molar-refractivity contribution in [1.29, 1.82) is 5.26 Å². The van der Waals surface area contributed by atoms with Gasteiger partial charge in [-0.05, 0) is 17.7 Å². The standard InChI is InChI=1S/C11H6F3NO3/c12-9-4-7(18-11(13)14)3-6(8(9)5-15)1-2-10(16)17/h1-4,11H,(H,16,17)/b2-1+. The van der Waals surface area contributed by atoms with Gasteiger partial charge in [0.15, 0.2) is 0 Å². The Kier molecular flexibility index (Phi) is 4.32. The van der Waals surface area contributed by atoms with Crippen LogP contribution in [0.1, 0.15) is 11.1 Å². The average Bonchev–Trinajstić information content (AvgIpc) is 2.24. The Hall–Kier alpha value is -2.49. The Bertz CT molecular complexity index is 535. The van der Waals surface area contributed by atoms with Crippen LogP contribution in [0, 0.1) is 17.1 Å². The first-order valence-corrected chi connectivity index (χ1v) is 4.53. The number of alkyl halides is 2. The van der Waals surface area contributed by atoms with Crippen molar-refractivity contribution in [3.8, 4) is 11.8 Å². The summed E-state index contributed by atoms with van der Waals surface area (Å²) in [6.07, 6.45) is 1.57. The Morgan fingerprint density at radius 1 is 1.50 bits per heavy atom. The second-order valence-electron chi connectivity index (χ2n) is 3.03. The molecule has 0 amide bonds. The van der Waals surface area contributed by atoms with Crippen LogP contribution in [0.4, 0.5) is 13.2 Å². The molecule has 0 heterocycles. The summed E-state index contributed by atoms with van der Waals surface area (Å²) < 4.78 is 41.3. The Morgan fingerprint density at radius 2 is 2.17 bits per heavy atom. The van der Waals surface area contributed by atoms with E-state index < -0.39 is 29.7 Å². The highest BCUT2D eigenvalue weighted by molar-refractivity contribution is 5.86. The summed E-state index contributed by atoms with van der Waals surface area (Å²) in [5, 5.41) is 17.1. The van der Waals surface area contributed by atoms with Crippen LogP contribution in [-0.4, -0.2) is 17.7 Å². The molecule has 0 saturated carbocycles. The van der Waals surface area contributed by atoms with Gasteiger partial charge in [-0.15, -0.1) is 0 Å². The molecule has 0 radical (unpaired) electrons. The molecule has 0 aliphatic rings. The van der Waals surface area contributed by atoms with E-state index in [1.807, 2.05) is 0 Å². The van der Waals surface area contributed by atoms with Crippen molar-refractivity contribution in [2.24, 2.45) is 0 Å². The van der Waals surface area contributed by atoms with Crippen LogP contribution in [0.5, 0.6) is 5.75 Å². The van der Waals surface area contributed by atoms with E-state index in [-0.39, 0.29) is 5.56 Å². The van der Waals surface area contributed by atoms with Gasteiger partial charge < -0.3 is 9.84 Å². The summed E-state index contributed by atoms with van der Waals surface area (Å²) in [4.78, 5) is 10.3. The molecule has 1 aromatic rings. The van der Waals surface area contributed by atoms with Crippen molar-refractivity contribution in [3.63, 3.8) is 0 Å². The van der Waals surface area contributed by atoms with Gasteiger partial charge in [0.25, 0.3) is 0 Å². The molecule has 0 unspecified atom stereocenters. The van der Waals surface area contributed by atoms with E-state index >= 15 is 0 Å². The maximum absolute atomic E-state index is 13.4. The predicted molar refractivity (Wildman–Crippen MR) is 54.4 cm³/mol. The van der Waals surface area contributed by atoms with Gasteiger partial charge in [0.2, 0.25) is 0 Å². The minimum Gasteiger partial charge on any atom is -0.478 e. The van der Waals surface area contributed by atoms with Gasteiger partial charge in [-0.25, -0.2) is 9.18 Å². The minimum atomic E-state index is -3.14. The lowest BCUT2D eigenvalue weighted by molar-refractivity contribution is -0.131. The third kappa shape index (κ3) is 3.52. The molecule has 1 aromatic carbocycles. The molecule has 1 N–H and O–H groups in total. The number of hydrogen-bond acceptors (Lipinski definition) is 3. The quantitative estimate of drug-likeness (QED) is 0.841. The third-order valence-electron chi connectivity index (χ3n) is 1.84. The number of aliphatic carboxylic acids is 1. The Labute approximate surface area is 99.5 Å². The molecule has 18 heavy (non-hydrogen) atoms. The van der Waals surface area contributed by atoms with Crippen LogP contribution in [0.2, 0.25) is 0 Å². The molecule has 0 fully saturated rings. The van der Waals surface area contributed by atoms with Gasteiger partial charge in [-0.2, -0.15) is 14.0 Å². The number of halogens is 3. The van der Waals surface area contributed by atoms with E-state index in [0.717, 1.165) is 12.1 Å². The number of benzene rings is 1. The maximum atomic E-state index is 13.4. The number of hydrogen-bond donors (Lipinski definition) is 1. The summed E-state index contributed by atoms with van der Waals surface area (Å²) >= 11 is 0. The van der Waals surface area contributed by atoms with E-state index in [4.69, 9.17) is 10.4 Å². The zero-order valence-corrected chi connectivity index (χ0v) is 8.73. The highest BCUT2D eigenvalue weighted by Crippen LogP contribution is 2.23. The highest BCUT2D eigenvalue weighted by Gasteiger charge is 2.12. The maximum Gasteiger partial charge on any atom is 0.387 e. The van der Waals surface area contributed by atoms with Gasteiger partial charge in [0.05, 0.1) is 5.56 Å². The Balaban J connectivity index is 3.24. The first-order chi connectivity index (χ1) is 8.43. The Morgan fingerprint density at radius 3 is 2.67 bits per heavy atom. The number of ether oxygens (including phenoxy) is 1. The van der Waals surface area contributed by atoms with Crippen LogP contribution in [0.3, 0.4) is 0 Å². The molecular weight excluding hydrogens is 251 g/mol. The predicted octanol–water partition coefficient (Wildman–Crippen LogP) is 2.40. The summed E-state index contributed by atoms with van der Waals surface area (Å²) in [5.74, 6) is -2.88. The first-order valence-electron chi connectivity index (χ1n) is 4.53. The van der Waals surface area contributed by atoms with E-state index in [1.165, 1.54) is 6.07 Å². The van der Waals surface area contributed by atoms with E-state index in [9.17, 15) is 18.0 Å². The molecular formula is C11H6F3NO3. The van der Waals surface area contributed by atoms with E-state index in [0.29, 0.717) is 12.1 Å². The topological polar surface area (TPSA) is 70.3 Å². The molecule has 0 saturated heterocycles. The van der Waals surface area contributed by atoms with Crippen LogP contribution >= 0.6 is 0 Å². The first kappa shape index (κ1) is 13.6. The zero-order valence-electron chi connectivity index (χ0n) is 8.73. The van der Waals surface area contributed by atoms with Crippen LogP contribution < -0.4 is 4.74 Å². The van der Waals surface area contributed by atoms with Crippen molar-refractivity contribution in [2.45, 2.75) is 6.61 Å². The summed E-state index contributed by atoms with van der Waals surface area (Å²) in [6.45, 7) is -3.14. The summed E-state index contributed by atoms with van der Waals surface area (Å²) in [6, 6.07) is 3.09. The van der Waals surface area contributed by atoms with Crippen molar-refractivity contribution in [3.05, 3.63) is 35.2 Å². The second kappa shape index (κ2) is 5.72. The molecule has 0 spiro atoms. The smallest absolute Gasteiger partial charge is 0.387 e. The number of nitriles is 1. The lowest BCUT2D eigenvalue weighted by Crippen LogP contribution is -2.03. The van der Waals surface area contributed by atoms with Gasteiger partial charge in [-0.3, -0.25) is 0 Å². The monoisotopic (exact) mass is 257 g/mol. The molecule has 0 bridgehead atoms. The number of carbonyl (C=O) groups is 1. The minimum absolute atomic E-state index is 0.157. The summed E-state index contributed by atoms with van der Waals surface area (Å²) in [7, 11) is 0. The van der Waals surface area contributed by atoms with Crippen LogP contribution in [-0.2, 0) is 4.79 Å². The lowest BCUT2D eigenvalue weighted by Gasteiger charge is -2.07. The molecule has 4 nitrogen and oxygen atoms in total. The average molecular weight is 257 g/mol. The largest absolute Gasteiger partial charge is 0.478 e. The van der Waals surface area contributed by atoms with Crippen molar-refractivity contribution in [2.75, 3.05) is 0 Å². The van der Waals surface area contributed by atoms with Gasteiger partial charge in [-0.1, -0.05) is 0 Å². The van der Waals surface area contributed by atoms with Crippen molar-refractivity contribution >= 4 is 12.0 Å². The van der Waals surface area contributed by atoms with Crippen molar-refractivity contribution < 1.29 is 27.8 Å². The van der Waals surface area contributed by atoms with Gasteiger partial charge in [0.1, 0.15) is 17.6 Å². The van der Waals surface area contributed by atoms with Crippen LogP contribution in [0.25, 0.3) is 6.08 Å². The normalized spacial score (nSPS) is 10.6. The molecule has 1 rings (SSSR count). The molecule has 7 heteroatoms. The molecule has 0 aliphatic heterocycles. The SMILES string of the molecule is N#Cc1c(F)cc(OC(F)F)cc1/C=C/C(=O)O. The fraction of sp³-hybridized carbons (Fsp3) is 0.0909. The number of carboxylic acids is 1. The van der Waals surface area contributed by atoms with Gasteiger partial charge in [0, 0.05) is 12.1 Å². The highest BCUT2D eigenvalue weighted by atomic mass is 19.3. The van der Waals surface area contributed by atoms with E-state index in [1.54, 1.807) is 0 Å². The molecule has 0 aromatic heterocycles. The molecule has 0 aliphatic carbocycles. The van der Waals surface area contributed by atoms with Crippen molar-refractivity contribution in [1.82, 2.24) is 0 Å². The summed E-state index contributed by atoms with van der Waals surface area (Å²) in [5.41, 5.74) is -0.607. The van der Waals surface area contributed by atoms with Gasteiger partial charge >= 0.3 is 12.6 Å². The lowest BCUT2D eigenvalue weighted by atomic mass is 10.1. The zero-order chi connectivity index (χ0) is 13.7. The third-order valence-corrected chi connectivity index (χ3v) is 1.84.